The zero-order valence-corrected chi connectivity index (χ0v) is 23.4. The van der Waals surface area contributed by atoms with E-state index in [0.717, 1.165) is 58.5 Å². The van der Waals surface area contributed by atoms with Gasteiger partial charge in [-0.1, -0.05) is 90.2 Å². The van der Waals surface area contributed by atoms with E-state index in [1.807, 2.05) is 25.3 Å². The predicted molar refractivity (Wildman–Crippen MR) is 154 cm³/mol. The highest BCUT2D eigenvalue weighted by Crippen LogP contribution is 2.29. The Balaban J connectivity index is 2.06. The van der Waals surface area contributed by atoms with E-state index >= 15 is 0 Å². The molecule has 0 saturated heterocycles. The lowest BCUT2D eigenvalue weighted by atomic mass is 9.90. The van der Waals surface area contributed by atoms with Crippen molar-refractivity contribution in [1.29, 1.82) is 0 Å². The van der Waals surface area contributed by atoms with Gasteiger partial charge < -0.3 is 0 Å². The van der Waals surface area contributed by atoms with Crippen LogP contribution in [0.1, 0.15) is 111 Å². The Morgan fingerprint density at radius 3 is 1.60 bits per heavy atom. The summed E-state index contributed by atoms with van der Waals surface area (Å²) in [5.74, 6) is 0.383. The molecule has 0 spiro atoms. The van der Waals surface area contributed by atoms with Gasteiger partial charge in [0.1, 0.15) is 0 Å². The second kappa shape index (κ2) is 16.7. The Bertz CT molecular complexity index is 908. The van der Waals surface area contributed by atoms with E-state index in [4.69, 9.17) is 0 Å². The van der Waals surface area contributed by atoms with Crippen LogP contribution in [0.15, 0.2) is 69.2 Å². The van der Waals surface area contributed by atoms with Crippen LogP contribution in [0.5, 0.6) is 0 Å². The van der Waals surface area contributed by atoms with Gasteiger partial charge in [0.2, 0.25) is 0 Å². The van der Waals surface area contributed by atoms with Crippen LogP contribution in [0.2, 0.25) is 0 Å². The van der Waals surface area contributed by atoms with Crippen molar-refractivity contribution in [2.45, 2.75) is 111 Å². The first kappa shape index (κ1) is 29.4. The van der Waals surface area contributed by atoms with E-state index in [1.54, 1.807) is 0 Å². The molecular formula is C32H46O2S. The molecule has 0 unspecified atom stereocenters. The minimum atomic E-state index is 0.191. The number of carbonyl (C=O) groups is 2. The number of Topliss-reactive ketones (excluding diaryl/α,β-unsaturated/α-hetero) is 2. The van der Waals surface area contributed by atoms with Gasteiger partial charge >= 0.3 is 0 Å². The summed E-state index contributed by atoms with van der Waals surface area (Å²) in [5.41, 5.74) is 4.82. The molecule has 2 aliphatic carbocycles. The zero-order chi connectivity index (χ0) is 25.5. The van der Waals surface area contributed by atoms with E-state index in [0.29, 0.717) is 0 Å². The summed E-state index contributed by atoms with van der Waals surface area (Å²) in [6, 6.07) is 0. The van der Waals surface area contributed by atoms with Crippen molar-refractivity contribution in [3.8, 4) is 0 Å². The second-order valence-corrected chi connectivity index (χ2v) is 10.8. The van der Waals surface area contributed by atoms with E-state index < -0.39 is 0 Å². The first-order valence-corrected chi connectivity index (χ1v) is 15.1. The molecule has 0 heterocycles. The molecule has 0 N–H and O–H groups in total. The van der Waals surface area contributed by atoms with Gasteiger partial charge in [0.25, 0.3) is 0 Å². The number of rotatable bonds is 16. The fourth-order valence-electron chi connectivity index (χ4n) is 4.66. The monoisotopic (exact) mass is 494 g/mol. The molecule has 2 rings (SSSR count). The number of unbranched alkanes of at least 4 members (excludes halogenated alkanes) is 10. The molecule has 3 heteroatoms. The molecule has 0 bridgehead atoms. The Labute approximate surface area is 218 Å². The number of allylic oxidation sites excluding steroid dienone is 12. The molecule has 192 valence electrons. The highest BCUT2D eigenvalue weighted by Gasteiger charge is 2.19. The summed E-state index contributed by atoms with van der Waals surface area (Å²) in [5, 5.41) is 0. The summed E-state index contributed by atoms with van der Waals surface area (Å²) >= 11 is 1.53. The summed E-state index contributed by atoms with van der Waals surface area (Å²) in [4.78, 5) is 26.3. The van der Waals surface area contributed by atoms with E-state index in [-0.39, 0.29) is 11.6 Å². The van der Waals surface area contributed by atoms with Crippen molar-refractivity contribution < 1.29 is 9.59 Å². The maximum atomic E-state index is 12.8. The van der Waals surface area contributed by atoms with Crippen LogP contribution >= 0.6 is 11.8 Å². The third-order valence-electron chi connectivity index (χ3n) is 6.82. The van der Waals surface area contributed by atoms with Crippen molar-refractivity contribution in [2.24, 2.45) is 0 Å². The van der Waals surface area contributed by atoms with Crippen LogP contribution in [0.25, 0.3) is 0 Å². The smallest absolute Gasteiger partial charge is 0.195 e. The summed E-state index contributed by atoms with van der Waals surface area (Å²) in [7, 11) is 0. The SMILES string of the molecule is CCCCCCCCC1=C/C(=C\C=C2/C=C(CCCCCCCC)C(=O)C(SC)=C2)C=C(C)C1=O. The van der Waals surface area contributed by atoms with Gasteiger partial charge in [-0.05, 0) is 79.9 Å². The predicted octanol–water partition coefficient (Wildman–Crippen LogP) is 9.55. The Kier molecular flexibility index (Phi) is 14.0. The third kappa shape index (κ3) is 10.3. The summed E-state index contributed by atoms with van der Waals surface area (Å²) in [6.07, 6.45) is 30.8. The van der Waals surface area contributed by atoms with Gasteiger partial charge in [0, 0.05) is 11.1 Å². The number of ketones is 2. The molecule has 0 aromatic carbocycles. The van der Waals surface area contributed by atoms with Gasteiger partial charge in [0.05, 0.1) is 4.91 Å². The first-order chi connectivity index (χ1) is 17.0. The minimum Gasteiger partial charge on any atom is -0.289 e. The van der Waals surface area contributed by atoms with Gasteiger partial charge in [-0.2, -0.15) is 0 Å². The molecule has 0 aromatic heterocycles. The first-order valence-electron chi connectivity index (χ1n) is 13.9. The van der Waals surface area contributed by atoms with Crippen LogP contribution in [0.4, 0.5) is 0 Å². The fraction of sp³-hybridized carbons (Fsp3) is 0.562. The number of thioether (sulfide) groups is 1. The number of hydrogen-bond donors (Lipinski definition) is 0. The molecule has 0 amide bonds. The molecule has 2 aliphatic rings. The van der Waals surface area contributed by atoms with E-state index in [9.17, 15) is 9.59 Å². The molecule has 2 nitrogen and oxygen atoms in total. The van der Waals surface area contributed by atoms with E-state index in [2.05, 4.69) is 38.2 Å². The molecule has 0 atom stereocenters. The Hall–Kier alpha value is -1.87. The van der Waals surface area contributed by atoms with Crippen molar-refractivity contribution in [3.05, 3.63) is 69.2 Å². The van der Waals surface area contributed by atoms with Crippen molar-refractivity contribution in [1.82, 2.24) is 0 Å². The molecule has 0 radical (unpaired) electrons. The lowest BCUT2D eigenvalue weighted by Crippen LogP contribution is -2.09. The standard InChI is InChI=1S/C32H46O2S/c1-5-7-9-11-13-15-17-28-22-26(21-25(3)31(28)33)19-20-27-23-29(32(34)30(24-27)35-4)18-16-14-12-10-8-6-2/h19-24H,5-18H2,1-4H3/b26-19-,27-20+. The van der Waals surface area contributed by atoms with Crippen LogP contribution in [-0.2, 0) is 9.59 Å². The van der Waals surface area contributed by atoms with Gasteiger partial charge in [-0.3, -0.25) is 9.59 Å². The fourth-order valence-corrected chi connectivity index (χ4v) is 5.23. The quantitative estimate of drug-likeness (QED) is 0.200. The normalized spacial score (nSPS) is 18.6. The van der Waals surface area contributed by atoms with Crippen LogP contribution in [0, 0.1) is 0 Å². The average molecular weight is 495 g/mol. The van der Waals surface area contributed by atoms with E-state index in [1.165, 1.54) is 76.0 Å². The average Bonchev–Trinajstić information content (AvgIpc) is 2.86. The minimum absolute atomic E-state index is 0.191. The maximum absolute atomic E-state index is 12.8. The Morgan fingerprint density at radius 2 is 1.09 bits per heavy atom. The van der Waals surface area contributed by atoms with Crippen LogP contribution in [-0.4, -0.2) is 17.8 Å². The third-order valence-corrected chi connectivity index (χ3v) is 7.56. The molecule has 0 aliphatic heterocycles. The maximum Gasteiger partial charge on any atom is 0.195 e. The molecule has 35 heavy (non-hydrogen) atoms. The highest BCUT2D eigenvalue weighted by atomic mass is 32.2. The lowest BCUT2D eigenvalue weighted by Gasteiger charge is -2.15. The highest BCUT2D eigenvalue weighted by molar-refractivity contribution is 8.03. The van der Waals surface area contributed by atoms with Crippen LogP contribution < -0.4 is 0 Å². The lowest BCUT2D eigenvalue weighted by molar-refractivity contribution is -0.113. The molecule has 0 saturated carbocycles. The van der Waals surface area contributed by atoms with Crippen molar-refractivity contribution >= 4 is 23.3 Å². The van der Waals surface area contributed by atoms with Crippen LogP contribution in [0.3, 0.4) is 0 Å². The topological polar surface area (TPSA) is 34.1 Å². The molecule has 0 fully saturated rings. The molecule has 0 aromatic rings. The van der Waals surface area contributed by atoms with Gasteiger partial charge in [-0.25, -0.2) is 0 Å². The van der Waals surface area contributed by atoms with Crippen molar-refractivity contribution in [3.63, 3.8) is 0 Å². The zero-order valence-electron chi connectivity index (χ0n) is 22.6. The largest absolute Gasteiger partial charge is 0.289 e. The van der Waals surface area contributed by atoms with Gasteiger partial charge in [-0.15, -0.1) is 11.8 Å². The van der Waals surface area contributed by atoms with Gasteiger partial charge in [0.15, 0.2) is 11.6 Å². The summed E-state index contributed by atoms with van der Waals surface area (Å²) < 4.78 is 0. The summed E-state index contributed by atoms with van der Waals surface area (Å²) in [6.45, 7) is 6.39. The Morgan fingerprint density at radius 1 is 0.629 bits per heavy atom. The number of hydrogen-bond acceptors (Lipinski definition) is 3. The van der Waals surface area contributed by atoms with Crippen molar-refractivity contribution in [2.75, 3.05) is 6.26 Å². The second-order valence-electron chi connectivity index (χ2n) is 9.91. The molecular weight excluding hydrogens is 448 g/mol. The number of carbonyl (C=O) groups excluding carboxylic acids is 2.